The average molecular weight is 315 g/mol. The highest BCUT2D eigenvalue weighted by atomic mass is 35.5. The van der Waals surface area contributed by atoms with Crippen LogP contribution in [0.5, 0.6) is 0 Å². The van der Waals surface area contributed by atoms with Crippen molar-refractivity contribution < 1.29 is 0 Å². The van der Waals surface area contributed by atoms with Crippen molar-refractivity contribution in [1.29, 1.82) is 0 Å². The Morgan fingerprint density at radius 2 is 2.25 bits per heavy atom. The Balaban J connectivity index is 1.91. The van der Waals surface area contributed by atoms with Gasteiger partial charge in [0.1, 0.15) is 0 Å². The first-order chi connectivity index (χ1) is 9.63. The topological polar surface area (TPSA) is 15.3 Å². The van der Waals surface area contributed by atoms with Crippen molar-refractivity contribution in [3.63, 3.8) is 0 Å². The SMILES string of the molecule is CCC(C)C1CN(CCc2ccc(Cl)s2)C(CC)CN1. The second-order valence-electron chi connectivity index (χ2n) is 5.91. The monoisotopic (exact) mass is 314 g/mol. The van der Waals surface area contributed by atoms with Gasteiger partial charge < -0.3 is 5.32 Å². The first kappa shape index (κ1) is 16.3. The number of nitrogens with one attached hydrogen (secondary N) is 1. The number of rotatable bonds is 6. The third-order valence-electron chi connectivity index (χ3n) is 4.64. The normalized spacial score (nSPS) is 25.8. The maximum Gasteiger partial charge on any atom is 0.0931 e. The van der Waals surface area contributed by atoms with Gasteiger partial charge in [0.05, 0.1) is 4.34 Å². The third-order valence-corrected chi connectivity index (χ3v) is 5.93. The molecule has 0 aromatic carbocycles. The van der Waals surface area contributed by atoms with E-state index in [9.17, 15) is 0 Å². The number of nitrogens with zero attached hydrogens (tertiary/aromatic N) is 1. The lowest BCUT2D eigenvalue weighted by atomic mass is 9.94. The van der Waals surface area contributed by atoms with Gasteiger partial charge in [0, 0.05) is 36.6 Å². The third kappa shape index (κ3) is 4.20. The zero-order valence-electron chi connectivity index (χ0n) is 12.9. The first-order valence-electron chi connectivity index (χ1n) is 7.85. The van der Waals surface area contributed by atoms with E-state index in [4.69, 9.17) is 11.6 Å². The fourth-order valence-corrected chi connectivity index (χ4v) is 4.04. The van der Waals surface area contributed by atoms with E-state index < -0.39 is 0 Å². The van der Waals surface area contributed by atoms with Gasteiger partial charge in [-0.1, -0.05) is 38.8 Å². The second kappa shape index (κ2) is 7.79. The Labute approximate surface area is 132 Å². The molecule has 1 N–H and O–H groups in total. The van der Waals surface area contributed by atoms with Gasteiger partial charge in [0.25, 0.3) is 0 Å². The van der Waals surface area contributed by atoms with Crippen LogP contribution in [0.25, 0.3) is 0 Å². The molecule has 20 heavy (non-hydrogen) atoms. The maximum absolute atomic E-state index is 6.02. The number of piperazine rings is 1. The van der Waals surface area contributed by atoms with Gasteiger partial charge in [-0.2, -0.15) is 0 Å². The van der Waals surface area contributed by atoms with Gasteiger partial charge >= 0.3 is 0 Å². The van der Waals surface area contributed by atoms with Crippen molar-refractivity contribution in [3.8, 4) is 0 Å². The van der Waals surface area contributed by atoms with Crippen molar-refractivity contribution in [2.75, 3.05) is 19.6 Å². The quantitative estimate of drug-likeness (QED) is 0.852. The average Bonchev–Trinajstić information content (AvgIpc) is 2.89. The van der Waals surface area contributed by atoms with E-state index in [1.54, 1.807) is 11.3 Å². The Kier molecular flexibility index (Phi) is 6.34. The van der Waals surface area contributed by atoms with Gasteiger partial charge in [0.2, 0.25) is 0 Å². The van der Waals surface area contributed by atoms with Crippen LogP contribution in [0.2, 0.25) is 4.34 Å². The summed E-state index contributed by atoms with van der Waals surface area (Å²) in [5.74, 6) is 0.756. The molecule has 2 rings (SSSR count). The number of hydrogen-bond acceptors (Lipinski definition) is 3. The molecule has 1 aliphatic rings. The summed E-state index contributed by atoms with van der Waals surface area (Å²) in [6, 6.07) is 5.52. The van der Waals surface area contributed by atoms with Crippen molar-refractivity contribution in [3.05, 3.63) is 21.3 Å². The Morgan fingerprint density at radius 3 is 2.85 bits per heavy atom. The number of thiophene rings is 1. The lowest BCUT2D eigenvalue weighted by Gasteiger charge is -2.42. The number of halogens is 1. The molecule has 114 valence electrons. The molecule has 0 radical (unpaired) electrons. The molecule has 1 saturated heterocycles. The minimum absolute atomic E-state index is 0.648. The van der Waals surface area contributed by atoms with Crippen LogP contribution in [0, 0.1) is 5.92 Å². The summed E-state index contributed by atoms with van der Waals surface area (Å²) >= 11 is 7.74. The Bertz CT molecular complexity index is 407. The smallest absolute Gasteiger partial charge is 0.0931 e. The summed E-state index contributed by atoms with van der Waals surface area (Å²) in [7, 11) is 0. The van der Waals surface area contributed by atoms with E-state index in [1.165, 1.54) is 24.3 Å². The minimum atomic E-state index is 0.648. The zero-order valence-corrected chi connectivity index (χ0v) is 14.4. The predicted octanol–water partition coefficient (Wildman–Crippen LogP) is 4.04. The highest BCUT2D eigenvalue weighted by Gasteiger charge is 2.28. The zero-order chi connectivity index (χ0) is 14.5. The van der Waals surface area contributed by atoms with Crippen LogP contribution in [-0.4, -0.2) is 36.6 Å². The molecule has 0 bridgehead atoms. The highest BCUT2D eigenvalue weighted by Crippen LogP contribution is 2.23. The van der Waals surface area contributed by atoms with Crippen LogP contribution < -0.4 is 5.32 Å². The number of hydrogen-bond donors (Lipinski definition) is 1. The molecular weight excluding hydrogens is 288 g/mol. The molecule has 2 nitrogen and oxygen atoms in total. The summed E-state index contributed by atoms with van der Waals surface area (Å²) in [6.45, 7) is 10.4. The van der Waals surface area contributed by atoms with Gasteiger partial charge in [-0.3, -0.25) is 4.90 Å². The summed E-state index contributed by atoms with van der Waals surface area (Å²) in [6.07, 6.45) is 3.61. The van der Waals surface area contributed by atoms with Gasteiger partial charge in [0.15, 0.2) is 0 Å². The maximum atomic E-state index is 6.02. The molecule has 4 heteroatoms. The Morgan fingerprint density at radius 1 is 1.45 bits per heavy atom. The van der Waals surface area contributed by atoms with E-state index >= 15 is 0 Å². The molecule has 2 heterocycles. The molecule has 3 unspecified atom stereocenters. The van der Waals surface area contributed by atoms with Crippen LogP contribution >= 0.6 is 22.9 Å². The van der Waals surface area contributed by atoms with Crippen LogP contribution in [-0.2, 0) is 6.42 Å². The first-order valence-corrected chi connectivity index (χ1v) is 9.05. The largest absolute Gasteiger partial charge is 0.311 e. The van der Waals surface area contributed by atoms with Crippen LogP contribution in [0.15, 0.2) is 12.1 Å². The molecule has 0 amide bonds. The van der Waals surface area contributed by atoms with Gasteiger partial charge in [-0.05, 0) is 30.9 Å². The van der Waals surface area contributed by atoms with Crippen molar-refractivity contribution in [2.45, 2.75) is 52.1 Å². The minimum Gasteiger partial charge on any atom is -0.311 e. The molecular formula is C16H27ClN2S. The Hall–Kier alpha value is -0.0900. The second-order valence-corrected chi connectivity index (χ2v) is 7.71. The van der Waals surface area contributed by atoms with Crippen LogP contribution in [0.4, 0.5) is 0 Å². The summed E-state index contributed by atoms with van der Waals surface area (Å²) < 4.78 is 0.907. The summed E-state index contributed by atoms with van der Waals surface area (Å²) in [5.41, 5.74) is 0. The van der Waals surface area contributed by atoms with Crippen LogP contribution in [0.3, 0.4) is 0 Å². The van der Waals surface area contributed by atoms with Crippen molar-refractivity contribution in [2.24, 2.45) is 5.92 Å². The van der Waals surface area contributed by atoms with E-state index in [0.29, 0.717) is 12.1 Å². The van der Waals surface area contributed by atoms with E-state index in [1.807, 2.05) is 6.07 Å². The standard InChI is InChI=1S/C16H27ClN2S/c1-4-12(3)15-11-19(13(5-2)10-18-15)9-8-14-6-7-16(17)20-14/h6-7,12-13,15,18H,4-5,8-11H2,1-3H3. The van der Waals surface area contributed by atoms with Crippen molar-refractivity contribution in [1.82, 2.24) is 10.2 Å². The lowest BCUT2D eigenvalue weighted by molar-refractivity contribution is 0.108. The molecule has 1 aromatic rings. The van der Waals surface area contributed by atoms with Crippen molar-refractivity contribution >= 4 is 22.9 Å². The molecule has 1 aliphatic heterocycles. The molecule has 3 atom stereocenters. The predicted molar refractivity (Wildman–Crippen MR) is 89.9 cm³/mol. The molecule has 0 aliphatic carbocycles. The summed E-state index contributed by atoms with van der Waals surface area (Å²) in [5, 5.41) is 3.74. The summed E-state index contributed by atoms with van der Waals surface area (Å²) in [4.78, 5) is 4.09. The van der Waals surface area contributed by atoms with Gasteiger partial charge in [-0.25, -0.2) is 0 Å². The molecule has 0 spiro atoms. The van der Waals surface area contributed by atoms with E-state index in [-0.39, 0.29) is 0 Å². The fraction of sp³-hybridized carbons (Fsp3) is 0.750. The van der Waals surface area contributed by atoms with E-state index in [0.717, 1.165) is 29.8 Å². The lowest BCUT2D eigenvalue weighted by Crippen LogP contribution is -2.58. The van der Waals surface area contributed by atoms with E-state index in [2.05, 4.69) is 37.1 Å². The molecule has 0 saturated carbocycles. The highest BCUT2D eigenvalue weighted by molar-refractivity contribution is 7.16. The molecule has 1 aromatic heterocycles. The fourth-order valence-electron chi connectivity index (χ4n) is 2.96. The molecule has 1 fully saturated rings. The van der Waals surface area contributed by atoms with Gasteiger partial charge in [-0.15, -0.1) is 11.3 Å². The van der Waals surface area contributed by atoms with Crippen LogP contribution in [0.1, 0.15) is 38.5 Å².